The number of halogens is 3. The Bertz CT molecular complexity index is 1080. The molecule has 2 aromatic carbocycles. The molecular formula is C22H21ClF2N4O3. The lowest BCUT2D eigenvalue weighted by molar-refractivity contribution is -0.134. The molecule has 0 spiro atoms. The van der Waals surface area contributed by atoms with Gasteiger partial charge in [0.1, 0.15) is 11.6 Å². The van der Waals surface area contributed by atoms with Crippen LogP contribution in [0.3, 0.4) is 0 Å². The lowest BCUT2D eigenvalue weighted by atomic mass is 9.89. The fraction of sp³-hybridized carbons (Fsp3) is 0.318. The first-order valence-electron chi connectivity index (χ1n) is 10.1. The van der Waals surface area contributed by atoms with E-state index >= 15 is 0 Å². The van der Waals surface area contributed by atoms with E-state index in [0.717, 1.165) is 5.56 Å². The number of imide groups is 1. The third-order valence-electron chi connectivity index (χ3n) is 5.66. The smallest absolute Gasteiger partial charge is 0.319 e. The highest BCUT2D eigenvalue weighted by Crippen LogP contribution is 2.33. The number of carbonyl (C=O) groups is 3. The highest BCUT2D eigenvalue weighted by Gasteiger charge is 2.34. The van der Waals surface area contributed by atoms with Crippen molar-refractivity contribution >= 4 is 40.8 Å². The van der Waals surface area contributed by atoms with Gasteiger partial charge in [0.25, 0.3) is 0 Å². The Morgan fingerprint density at radius 3 is 2.47 bits per heavy atom. The molecule has 168 valence electrons. The Balaban J connectivity index is 1.35. The molecule has 0 saturated carbocycles. The van der Waals surface area contributed by atoms with Gasteiger partial charge in [0, 0.05) is 41.5 Å². The Hall–Kier alpha value is -3.20. The molecule has 4 amide bonds. The van der Waals surface area contributed by atoms with Crippen LogP contribution >= 0.6 is 11.6 Å². The molecular weight excluding hydrogens is 442 g/mol. The minimum atomic E-state index is -1.04. The van der Waals surface area contributed by atoms with Crippen LogP contribution in [-0.4, -0.2) is 37.0 Å². The first kappa shape index (κ1) is 22.0. The van der Waals surface area contributed by atoms with Crippen LogP contribution < -0.4 is 20.9 Å². The number of anilines is 2. The molecule has 2 saturated heterocycles. The topological polar surface area (TPSA) is 90.5 Å². The van der Waals surface area contributed by atoms with Crippen LogP contribution in [0.2, 0.25) is 5.02 Å². The van der Waals surface area contributed by atoms with Gasteiger partial charge in [-0.1, -0.05) is 17.7 Å². The summed E-state index contributed by atoms with van der Waals surface area (Å²) in [7, 11) is 0. The molecule has 2 aromatic rings. The quantitative estimate of drug-likeness (QED) is 0.607. The minimum Gasteiger partial charge on any atom is -0.367 e. The monoisotopic (exact) mass is 462 g/mol. The van der Waals surface area contributed by atoms with E-state index in [1.54, 1.807) is 23.1 Å². The van der Waals surface area contributed by atoms with Crippen molar-refractivity contribution < 1.29 is 23.2 Å². The summed E-state index contributed by atoms with van der Waals surface area (Å²) in [5.41, 5.74) is 1.45. The standard InChI is InChI=1S/C22H21ClF2N4O3/c1-11-2-3-12(6-16(11)23)26-22(32)27-13-9-29(10-13)14-7-17(24)20(18(25)8-14)15-4-5-19(30)28-21(15)31/h2-3,6-8,13,15H,4-5,9-10H2,1H3,(H2,26,27,32)(H,28,30,31)/t15-/m1/s1. The first-order chi connectivity index (χ1) is 15.2. The molecule has 32 heavy (non-hydrogen) atoms. The van der Waals surface area contributed by atoms with E-state index < -0.39 is 35.4 Å². The van der Waals surface area contributed by atoms with Gasteiger partial charge in [0.15, 0.2) is 0 Å². The van der Waals surface area contributed by atoms with E-state index in [1.807, 2.05) is 6.92 Å². The molecule has 2 aliphatic heterocycles. The zero-order valence-electron chi connectivity index (χ0n) is 17.2. The van der Waals surface area contributed by atoms with Crippen molar-refractivity contribution in [2.24, 2.45) is 0 Å². The van der Waals surface area contributed by atoms with Crippen LogP contribution in [0.1, 0.15) is 29.9 Å². The highest BCUT2D eigenvalue weighted by molar-refractivity contribution is 6.31. The summed E-state index contributed by atoms with van der Waals surface area (Å²) in [5, 5.41) is 8.15. The normalized spacial score (nSPS) is 18.8. The first-order valence-corrected chi connectivity index (χ1v) is 10.5. The van der Waals surface area contributed by atoms with Gasteiger partial charge in [-0.05, 0) is 43.2 Å². The molecule has 2 heterocycles. The number of urea groups is 1. The Morgan fingerprint density at radius 1 is 1.16 bits per heavy atom. The van der Waals surface area contributed by atoms with E-state index in [4.69, 9.17) is 11.6 Å². The fourth-order valence-electron chi connectivity index (χ4n) is 3.86. The van der Waals surface area contributed by atoms with Crippen LogP contribution in [-0.2, 0) is 9.59 Å². The lowest BCUT2D eigenvalue weighted by Crippen LogP contribution is -2.60. The molecule has 0 unspecified atom stereocenters. The van der Waals surface area contributed by atoms with Crippen LogP contribution in [0, 0.1) is 18.6 Å². The molecule has 0 bridgehead atoms. The fourth-order valence-corrected chi connectivity index (χ4v) is 4.04. The number of nitrogens with zero attached hydrogens (tertiary/aromatic N) is 1. The molecule has 2 aliphatic rings. The number of aryl methyl sites for hydroxylation is 1. The third-order valence-corrected chi connectivity index (χ3v) is 6.07. The number of piperidine rings is 1. The van der Waals surface area contributed by atoms with E-state index in [2.05, 4.69) is 16.0 Å². The average molecular weight is 463 g/mol. The van der Waals surface area contributed by atoms with E-state index in [0.29, 0.717) is 29.5 Å². The maximum Gasteiger partial charge on any atom is 0.319 e. The van der Waals surface area contributed by atoms with Gasteiger partial charge in [-0.15, -0.1) is 0 Å². The molecule has 0 radical (unpaired) electrons. The largest absolute Gasteiger partial charge is 0.367 e. The molecule has 0 aliphatic carbocycles. The molecule has 3 N–H and O–H groups in total. The van der Waals surface area contributed by atoms with Crippen molar-refractivity contribution in [2.45, 2.75) is 31.7 Å². The third kappa shape index (κ3) is 4.52. The van der Waals surface area contributed by atoms with Crippen molar-refractivity contribution in [3.63, 3.8) is 0 Å². The molecule has 10 heteroatoms. The summed E-state index contributed by atoms with van der Waals surface area (Å²) < 4.78 is 29.4. The van der Waals surface area contributed by atoms with E-state index in [9.17, 15) is 23.2 Å². The predicted molar refractivity (Wildman–Crippen MR) is 116 cm³/mol. The maximum atomic E-state index is 14.7. The van der Waals surface area contributed by atoms with Crippen molar-refractivity contribution in [3.8, 4) is 0 Å². The number of rotatable bonds is 4. The zero-order valence-corrected chi connectivity index (χ0v) is 17.9. The summed E-state index contributed by atoms with van der Waals surface area (Å²) in [6, 6.07) is 6.93. The lowest BCUT2D eigenvalue weighted by Gasteiger charge is -2.41. The average Bonchev–Trinajstić information content (AvgIpc) is 2.68. The summed E-state index contributed by atoms with van der Waals surface area (Å²) >= 11 is 6.05. The Labute approximate surface area is 188 Å². The van der Waals surface area contributed by atoms with Crippen molar-refractivity contribution in [1.29, 1.82) is 0 Å². The van der Waals surface area contributed by atoms with Crippen molar-refractivity contribution in [2.75, 3.05) is 23.3 Å². The summed E-state index contributed by atoms with van der Waals surface area (Å²) in [6.07, 6.45) is 0.0994. The number of amides is 4. The molecule has 7 nitrogen and oxygen atoms in total. The SMILES string of the molecule is Cc1ccc(NC(=O)NC2CN(c3cc(F)c([C@H]4CCC(=O)NC4=O)c(F)c3)C2)cc1Cl. The van der Waals surface area contributed by atoms with E-state index in [1.165, 1.54) is 12.1 Å². The highest BCUT2D eigenvalue weighted by atomic mass is 35.5. The summed E-state index contributed by atoms with van der Waals surface area (Å²) in [6.45, 7) is 2.61. The second kappa shape index (κ2) is 8.74. The molecule has 1 atom stereocenters. The molecule has 0 aromatic heterocycles. The number of hydrogen-bond donors (Lipinski definition) is 3. The van der Waals surface area contributed by atoms with E-state index in [-0.39, 0.29) is 24.4 Å². The summed E-state index contributed by atoms with van der Waals surface area (Å²) in [5.74, 6) is -3.84. The number of benzene rings is 2. The van der Waals surface area contributed by atoms with Crippen molar-refractivity contribution in [1.82, 2.24) is 10.6 Å². The van der Waals surface area contributed by atoms with Gasteiger partial charge in [-0.25, -0.2) is 13.6 Å². The van der Waals surface area contributed by atoms with Crippen LogP contribution in [0.5, 0.6) is 0 Å². The molecule has 2 fully saturated rings. The maximum absolute atomic E-state index is 14.7. The number of carbonyl (C=O) groups excluding carboxylic acids is 3. The summed E-state index contributed by atoms with van der Waals surface area (Å²) in [4.78, 5) is 37.1. The zero-order chi connectivity index (χ0) is 23.0. The van der Waals surface area contributed by atoms with Gasteiger partial charge in [-0.3, -0.25) is 14.9 Å². The Morgan fingerprint density at radius 2 is 1.84 bits per heavy atom. The van der Waals surface area contributed by atoms with Crippen LogP contribution in [0.25, 0.3) is 0 Å². The van der Waals surface area contributed by atoms with Crippen LogP contribution in [0.15, 0.2) is 30.3 Å². The van der Waals surface area contributed by atoms with Gasteiger partial charge in [0.2, 0.25) is 11.8 Å². The number of nitrogens with one attached hydrogen (secondary N) is 3. The Kier molecular flexibility index (Phi) is 6.01. The van der Waals surface area contributed by atoms with Crippen molar-refractivity contribution in [3.05, 3.63) is 58.1 Å². The van der Waals surface area contributed by atoms with Gasteiger partial charge >= 0.3 is 6.03 Å². The minimum absolute atomic E-state index is 0.0351. The predicted octanol–water partition coefficient (Wildman–Crippen LogP) is 3.46. The van der Waals surface area contributed by atoms with Gasteiger partial charge in [0.05, 0.1) is 12.0 Å². The van der Waals surface area contributed by atoms with Gasteiger partial charge < -0.3 is 15.5 Å². The molecule has 4 rings (SSSR count). The van der Waals surface area contributed by atoms with Crippen LogP contribution in [0.4, 0.5) is 25.0 Å². The number of hydrogen-bond acceptors (Lipinski definition) is 4. The second-order valence-corrected chi connectivity index (χ2v) is 8.40. The van der Waals surface area contributed by atoms with Gasteiger partial charge in [-0.2, -0.15) is 0 Å². The second-order valence-electron chi connectivity index (χ2n) is 7.99.